The third-order valence-electron chi connectivity index (χ3n) is 3.15. The van der Waals surface area contributed by atoms with Crippen molar-refractivity contribution in [3.05, 3.63) is 29.8 Å². The highest BCUT2D eigenvalue weighted by molar-refractivity contribution is 5.94. The minimum atomic E-state index is -0.152. The maximum absolute atomic E-state index is 11.9. The number of unbranched alkanes of at least 4 members (excludes halogenated alkanes) is 2. The standard InChI is InChI=1S/C16H24N2O2/c1-4-5-6-11-18(14(3)19)12-16(20)17-15-9-7-13(2)8-10-15/h7-10H,4-6,11-12H2,1-3H3,(H,17,20). The van der Waals surface area contributed by atoms with Crippen LogP contribution in [0.15, 0.2) is 24.3 Å². The third-order valence-corrected chi connectivity index (χ3v) is 3.15. The van der Waals surface area contributed by atoms with Crippen LogP contribution in [0, 0.1) is 6.92 Å². The first-order valence-electron chi connectivity index (χ1n) is 7.15. The summed E-state index contributed by atoms with van der Waals surface area (Å²) in [7, 11) is 0. The smallest absolute Gasteiger partial charge is 0.243 e. The molecule has 0 aromatic heterocycles. The van der Waals surface area contributed by atoms with Crippen LogP contribution in [0.3, 0.4) is 0 Å². The van der Waals surface area contributed by atoms with Gasteiger partial charge >= 0.3 is 0 Å². The van der Waals surface area contributed by atoms with Crippen molar-refractivity contribution in [1.82, 2.24) is 4.90 Å². The fraction of sp³-hybridized carbons (Fsp3) is 0.500. The Kier molecular flexibility index (Phi) is 6.77. The Morgan fingerprint density at radius 2 is 1.80 bits per heavy atom. The summed E-state index contributed by atoms with van der Waals surface area (Å²) in [6.45, 7) is 6.38. The molecule has 0 unspecified atom stereocenters. The first kappa shape index (κ1) is 16.2. The summed E-state index contributed by atoms with van der Waals surface area (Å²) in [6, 6.07) is 7.62. The van der Waals surface area contributed by atoms with Crippen molar-refractivity contribution in [1.29, 1.82) is 0 Å². The maximum atomic E-state index is 11.9. The van der Waals surface area contributed by atoms with Gasteiger partial charge < -0.3 is 10.2 Å². The van der Waals surface area contributed by atoms with E-state index in [0.717, 1.165) is 30.5 Å². The van der Waals surface area contributed by atoms with Crippen LogP contribution >= 0.6 is 0 Å². The van der Waals surface area contributed by atoms with E-state index in [9.17, 15) is 9.59 Å². The monoisotopic (exact) mass is 276 g/mol. The predicted molar refractivity (Wildman–Crippen MR) is 81.6 cm³/mol. The van der Waals surface area contributed by atoms with Gasteiger partial charge in [-0.15, -0.1) is 0 Å². The quantitative estimate of drug-likeness (QED) is 0.778. The van der Waals surface area contributed by atoms with E-state index in [1.807, 2.05) is 31.2 Å². The van der Waals surface area contributed by atoms with Crippen LogP contribution in [0.1, 0.15) is 38.7 Å². The van der Waals surface area contributed by atoms with Gasteiger partial charge in [-0.25, -0.2) is 0 Å². The number of anilines is 1. The normalized spacial score (nSPS) is 10.2. The summed E-state index contributed by atoms with van der Waals surface area (Å²) in [5, 5.41) is 2.81. The minimum Gasteiger partial charge on any atom is -0.334 e. The van der Waals surface area contributed by atoms with Gasteiger partial charge in [0.05, 0.1) is 6.54 Å². The Labute approximate surface area is 121 Å². The maximum Gasteiger partial charge on any atom is 0.243 e. The molecule has 4 heteroatoms. The van der Waals surface area contributed by atoms with E-state index in [4.69, 9.17) is 0 Å². The number of nitrogens with zero attached hydrogens (tertiary/aromatic N) is 1. The zero-order chi connectivity index (χ0) is 15.0. The van der Waals surface area contributed by atoms with E-state index in [2.05, 4.69) is 12.2 Å². The number of benzene rings is 1. The van der Waals surface area contributed by atoms with E-state index < -0.39 is 0 Å². The molecule has 0 aliphatic rings. The highest BCUT2D eigenvalue weighted by Gasteiger charge is 2.13. The molecule has 1 N–H and O–H groups in total. The van der Waals surface area contributed by atoms with E-state index in [1.165, 1.54) is 6.92 Å². The number of carbonyl (C=O) groups excluding carboxylic acids is 2. The van der Waals surface area contributed by atoms with Crippen LogP contribution in [-0.4, -0.2) is 29.8 Å². The van der Waals surface area contributed by atoms with Gasteiger partial charge in [0.25, 0.3) is 0 Å². The largest absolute Gasteiger partial charge is 0.334 e. The Hall–Kier alpha value is -1.84. The molecule has 0 saturated carbocycles. The number of hydrogen-bond donors (Lipinski definition) is 1. The minimum absolute atomic E-state index is 0.0554. The van der Waals surface area contributed by atoms with Crippen molar-refractivity contribution in [2.24, 2.45) is 0 Å². The van der Waals surface area contributed by atoms with E-state index in [-0.39, 0.29) is 18.4 Å². The molecule has 0 atom stereocenters. The molecule has 0 aliphatic heterocycles. The molecule has 4 nitrogen and oxygen atoms in total. The third kappa shape index (κ3) is 5.87. The predicted octanol–water partition coefficient (Wildman–Crippen LogP) is 2.97. The first-order chi connectivity index (χ1) is 9.52. The average Bonchev–Trinajstić information content (AvgIpc) is 2.40. The summed E-state index contributed by atoms with van der Waals surface area (Å²) in [4.78, 5) is 25.1. The fourth-order valence-corrected chi connectivity index (χ4v) is 1.91. The Morgan fingerprint density at radius 3 is 2.35 bits per heavy atom. The van der Waals surface area contributed by atoms with Crippen molar-refractivity contribution in [2.45, 2.75) is 40.0 Å². The number of hydrogen-bond acceptors (Lipinski definition) is 2. The van der Waals surface area contributed by atoms with Crippen molar-refractivity contribution in [3.63, 3.8) is 0 Å². The highest BCUT2D eigenvalue weighted by Crippen LogP contribution is 2.08. The zero-order valence-electron chi connectivity index (χ0n) is 12.6. The molecule has 0 fully saturated rings. The van der Waals surface area contributed by atoms with Crippen LogP contribution in [0.25, 0.3) is 0 Å². The number of rotatable bonds is 7. The topological polar surface area (TPSA) is 49.4 Å². The number of aryl methyl sites for hydroxylation is 1. The lowest BCUT2D eigenvalue weighted by molar-refractivity contribution is -0.132. The summed E-state index contributed by atoms with van der Waals surface area (Å²) in [5.41, 5.74) is 1.91. The second kappa shape index (κ2) is 8.35. The van der Waals surface area contributed by atoms with Gasteiger partial charge in [0.1, 0.15) is 0 Å². The van der Waals surface area contributed by atoms with E-state index >= 15 is 0 Å². The molecule has 1 aromatic rings. The Balaban J connectivity index is 2.48. The molecule has 0 heterocycles. The van der Waals surface area contributed by atoms with E-state index in [0.29, 0.717) is 6.54 Å². The van der Waals surface area contributed by atoms with Gasteiger partial charge in [-0.1, -0.05) is 37.5 Å². The Bertz CT molecular complexity index is 440. The second-order valence-electron chi connectivity index (χ2n) is 5.06. The van der Waals surface area contributed by atoms with Crippen LogP contribution in [0.4, 0.5) is 5.69 Å². The van der Waals surface area contributed by atoms with E-state index in [1.54, 1.807) is 4.90 Å². The van der Waals surface area contributed by atoms with Crippen LogP contribution in [0.2, 0.25) is 0 Å². The van der Waals surface area contributed by atoms with Crippen LogP contribution < -0.4 is 5.32 Å². The molecule has 0 bridgehead atoms. The number of carbonyl (C=O) groups is 2. The van der Waals surface area contributed by atoms with Gasteiger partial charge in [-0.3, -0.25) is 9.59 Å². The lowest BCUT2D eigenvalue weighted by atomic mass is 10.2. The molecular weight excluding hydrogens is 252 g/mol. The average molecular weight is 276 g/mol. The van der Waals surface area contributed by atoms with Gasteiger partial charge in [-0.2, -0.15) is 0 Å². The first-order valence-corrected chi connectivity index (χ1v) is 7.15. The van der Waals surface area contributed by atoms with Gasteiger partial charge in [0, 0.05) is 19.2 Å². The van der Waals surface area contributed by atoms with Crippen molar-refractivity contribution < 1.29 is 9.59 Å². The lowest BCUT2D eigenvalue weighted by Crippen LogP contribution is -2.37. The molecule has 2 amide bonds. The molecule has 0 radical (unpaired) electrons. The number of amides is 2. The summed E-state index contributed by atoms with van der Waals surface area (Å²) in [6.07, 6.45) is 3.11. The van der Waals surface area contributed by atoms with Gasteiger partial charge in [-0.05, 0) is 25.5 Å². The zero-order valence-corrected chi connectivity index (χ0v) is 12.6. The summed E-state index contributed by atoms with van der Waals surface area (Å²) in [5.74, 6) is -0.208. The summed E-state index contributed by atoms with van der Waals surface area (Å²) < 4.78 is 0. The molecular formula is C16H24N2O2. The lowest BCUT2D eigenvalue weighted by Gasteiger charge is -2.20. The van der Waals surface area contributed by atoms with Crippen molar-refractivity contribution in [3.8, 4) is 0 Å². The van der Waals surface area contributed by atoms with Crippen molar-refractivity contribution >= 4 is 17.5 Å². The molecule has 1 aromatic carbocycles. The highest BCUT2D eigenvalue weighted by atomic mass is 16.2. The SMILES string of the molecule is CCCCCN(CC(=O)Nc1ccc(C)cc1)C(C)=O. The Morgan fingerprint density at radius 1 is 1.15 bits per heavy atom. The molecule has 20 heavy (non-hydrogen) atoms. The molecule has 110 valence electrons. The second-order valence-corrected chi connectivity index (χ2v) is 5.06. The van der Waals surface area contributed by atoms with Crippen molar-refractivity contribution in [2.75, 3.05) is 18.4 Å². The van der Waals surface area contributed by atoms with Gasteiger partial charge in [0.2, 0.25) is 11.8 Å². The number of nitrogens with one attached hydrogen (secondary N) is 1. The molecule has 0 aliphatic carbocycles. The molecule has 1 rings (SSSR count). The fourth-order valence-electron chi connectivity index (χ4n) is 1.91. The van der Waals surface area contributed by atoms with Crippen LogP contribution in [0.5, 0.6) is 0 Å². The summed E-state index contributed by atoms with van der Waals surface area (Å²) >= 11 is 0. The molecule has 0 spiro atoms. The van der Waals surface area contributed by atoms with Crippen LogP contribution in [-0.2, 0) is 9.59 Å². The molecule has 0 saturated heterocycles. The van der Waals surface area contributed by atoms with Gasteiger partial charge in [0.15, 0.2) is 0 Å².